The molecule has 0 aromatic heterocycles. The van der Waals surface area contributed by atoms with E-state index in [-0.39, 0.29) is 25.2 Å². The highest BCUT2D eigenvalue weighted by Crippen LogP contribution is 2.16. The van der Waals surface area contributed by atoms with E-state index in [0.717, 1.165) is 77.0 Å². The second-order valence-electron chi connectivity index (χ2n) is 18.5. The normalized spacial score (nSPS) is 12.6. The number of esters is 2. The van der Waals surface area contributed by atoms with Gasteiger partial charge in [0, 0.05) is 19.4 Å². The smallest absolute Gasteiger partial charge is 0.306 e. The van der Waals surface area contributed by atoms with Crippen LogP contribution in [0.4, 0.5) is 0 Å². The lowest BCUT2D eigenvalue weighted by molar-refractivity contribution is -0.163. The van der Waals surface area contributed by atoms with Crippen molar-refractivity contribution in [1.29, 1.82) is 0 Å². The van der Waals surface area contributed by atoms with Gasteiger partial charge in [-0.05, 0) is 77.0 Å². The first-order valence-electron chi connectivity index (χ1n) is 27.8. The molecule has 0 saturated heterocycles. The second kappa shape index (κ2) is 54.9. The minimum Gasteiger partial charge on any atom is -0.462 e. The third-order valence-corrected chi connectivity index (χ3v) is 12.0. The van der Waals surface area contributed by atoms with Crippen molar-refractivity contribution in [3.8, 4) is 0 Å². The summed E-state index contributed by atoms with van der Waals surface area (Å²) in [5, 5.41) is 0. The number of carbonyl (C=O) groups excluding carboxylic acids is 2. The van der Waals surface area contributed by atoms with E-state index in [4.69, 9.17) is 14.2 Å². The molecule has 0 bridgehead atoms. The fraction of sp³-hybridized carbons (Fsp3) is 0.797. The maximum absolute atomic E-state index is 12.8. The lowest BCUT2D eigenvalue weighted by Gasteiger charge is -2.18. The zero-order valence-corrected chi connectivity index (χ0v) is 42.8. The lowest BCUT2D eigenvalue weighted by Crippen LogP contribution is -2.30. The van der Waals surface area contributed by atoms with E-state index >= 15 is 0 Å². The van der Waals surface area contributed by atoms with Gasteiger partial charge in [-0.25, -0.2) is 0 Å². The molecular weight excluding hydrogens is 789 g/mol. The summed E-state index contributed by atoms with van der Waals surface area (Å²) in [6.45, 7) is 7.70. The van der Waals surface area contributed by atoms with Crippen LogP contribution in [0.2, 0.25) is 0 Å². The van der Waals surface area contributed by atoms with Gasteiger partial charge in [0.1, 0.15) is 6.61 Å². The van der Waals surface area contributed by atoms with E-state index in [1.807, 2.05) is 0 Å². The molecular formula is C59H106O5. The quantitative estimate of drug-likeness (QED) is 0.0346. The summed E-state index contributed by atoms with van der Waals surface area (Å²) in [6.07, 6.45) is 69.5. The molecule has 0 radical (unpaired) electrons. The Labute approximate surface area is 398 Å². The van der Waals surface area contributed by atoms with E-state index in [2.05, 4.69) is 81.5 Å². The van der Waals surface area contributed by atoms with Crippen molar-refractivity contribution in [1.82, 2.24) is 0 Å². The highest BCUT2D eigenvalue weighted by molar-refractivity contribution is 5.70. The fourth-order valence-corrected chi connectivity index (χ4v) is 7.90. The van der Waals surface area contributed by atoms with Crippen LogP contribution in [-0.4, -0.2) is 37.9 Å². The average Bonchev–Trinajstić information content (AvgIpc) is 3.30. The maximum Gasteiger partial charge on any atom is 0.306 e. The first-order chi connectivity index (χ1) is 31.6. The molecule has 0 heterocycles. The largest absolute Gasteiger partial charge is 0.462 e. The van der Waals surface area contributed by atoms with Crippen molar-refractivity contribution in [2.24, 2.45) is 0 Å². The SMILES string of the molecule is CC/C=C\C/C=C\C/C=C\C/C=C\CCCCCCCCC(=O)OCC(COCCCCCCCC/C=C\CCCC)OC(=O)CCCCCCCCCCCCCCCCCCC. The van der Waals surface area contributed by atoms with Crippen molar-refractivity contribution < 1.29 is 23.8 Å². The molecule has 1 unspecified atom stereocenters. The molecule has 0 aromatic rings. The minimum atomic E-state index is -0.544. The molecule has 0 rings (SSSR count). The van der Waals surface area contributed by atoms with E-state index in [1.54, 1.807) is 0 Å². The van der Waals surface area contributed by atoms with Gasteiger partial charge in [-0.2, -0.15) is 0 Å². The highest BCUT2D eigenvalue weighted by Gasteiger charge is 2.17. The van der Waals surface area contributed by atoms with E-state index in [9.17, 15) is 9.59 Å². The summed E-state index contributed by atoms with van der Waals surface area (Å²) in [5.41, 5.74) is 0. The van der Waals surface area contributed by atoms with Crippen LogP contribution < -0.4 is 0 Å². The Morgan fingerprint density at radius 1 is 0.359 bits per heavy atom. The van der Waals surface area contributed by atoms with Gasteiger partial charge in [-0.3, -0.25) is 9.59 Å². The van der Waals surface area contributed by atoms with Crippen molar-refractivity contribution in [2.75, 3.05) is 19.8 Å². The van der Waals surface area contributed by atoms with Crippen LogP contribution in [0.25, 0.3) is 0 Å². The molecule has 0 spiro atoms. The van der Waals surface area contributed by atoms with Crippen LogP contribution in [0.3, 0.4) is 0 Å². The number of carbonyl (C=O) groups is 2. The second-order valence-corrected chi connectivity index (χ2v) is 18.5. The van der Waals surface area contributed by atoms with Crippen LogP contribution in [0, 0.1) is 0 Å². The van der Waals surface area contributed by atoms with E-state index in [1.165, 1.54) is 167 Å². The predicted octanol–water partition coefficient (Wildman–Crippen LogP) is 18.9. The molecule has 5 nitrogen and oxygen atoms in total. The van der Waals surface area contributed by atoms with Gasteiger partial charge in [0.15, 0.2) is 6.10 Å². The standard InChI is InChI=1S/C59H106O5/c1-4-7-10-13-16-19-22-25-27-29-30-32-33-35-37-40-43-46-49-52-58(60)63-56-57(55-62-54-51-48-45-42-39-24-21-18-15-12-9-6-3)64-59(61)53-50-47-44-41-38-36-34-31-28-26-23-20-17-14-11-8-5-2/h7,10,15-16,18-19,25,27,30,32,57H,4-6,8-9,11-14,17,20-24,26,28-29,31,33-56H2,1-3H3/b10-7-,18-15-,19-16-,27-25-,32-30-. The van der Waals surface area contributed by atoms with Crippen LogP contribution in [0.5, 0.6) is 0 Å². The Hall–Kier alpha value is -2.40. The molecule has 0 aliphatic heterocycles. The number of rotatable bonds is 51. The Balaban J connectivity index is 4.24. The minimum absolute atomic E-state index is 0.0772. The molecule has 1 atom stereocenters. The Kier molecular flexibility index (Phi) is 52.9. The van der Waals surface area contributed by atoms with Crippen LogP contribution in [-0.2, 0) is 23.8 Å². The molecule has 64 heavy (non-hydrogen) atoms. The summed E-state index contributed by atoms with van der Waals surface area (Å²) < 4.78 is 17.4. The predicted molar refractivity (Wildman–Crippen MR) is 279 cm³/mol. The van der Waals surface area contributed by atoms with Gasteiger partial charge < -0.3 is 14.2 Å². The third kappa shape index (κ3) is 52.2. The number of ether oxygens (including phenoxy) is 3. The molecule has 0 amide bonds. The van der Waals surface area contributed by atoms with Gasteiger partial charge >= 0.3 is 11.9 Å². The van der Waals surface area contributed by atoms with Crippen molar-refractivity contribution in [3.05, 3.63) is 60.8 Å². The first kappa shape index (κ1) is 61.6. The van der Waals surface area contributed by atoms with Gasteiger partial charge in [0.2, 0.25) is 0 Å². The number of unbranched alkanes of at least 4 members (excludes halogenated alkanes) is 30. The molecule has 372 valence electrons. The topological polar surface area (TPSA) is 61.8 Å². The fourth-order valence-electron chi connectivity index (χ4n) is 7.90. The van der Waals surface area contributed by atoms with Crippen molar-refractivity contribution in [2.45, 2.75) is 284 Å². The molecule has 0 aliphatic rings. The molecule has 5 heteroatoms. The summed E-state index contributed by atoms with van der Waals surface area (Å²) in [5.74, 6) is -0.405. The zero-order valence-electron chi connectivity index (χ0n) is 42.8. The van der Waals surface area contributed by atoms with Gasteiger partial charge in [-0.15, -0.1) is 0 Å². The molecule has 0 saturated carbocycles. The van der Waals surface area contributed by atoms with Gasteiger partial charge in [0.25, 0.3) is 0 Å². The summed E-state index contributed by atoms with van der Waals surface area (Å²) >= 11 is 0. The Morgan fingerprint density at radius 2 is 0.719 bits per heavy atom. The Bertz CT molecular complexity index is 1100. The Morgan fingerprint density at radius 3 is 1.19 bits per heavy atom. The zero-order chi connectivity index (χ0) is 46.3. The number of hydrogen-bond acceptors (Lipinski definition) is 5. The first-order valence-corrected chi connectivity index (χ1v) is 27.8. The number of hydrogen-bond donors (Lipinski definition) is 0. The monoisotopic (exact) mass is 895 g/mol. The van der Waals surface area contributed by atoms with Crippen LogP contribution in [0.15, 0.2) is 60.8 Å². The van der Waals surface area contributed by atoms with E-state index in [0.29, 0.717) is 19.4 Å². The molecule has 0 aromatic carbocycles. The molecule has 0 N–H and O–H groups in total. The van der Waals surface area contributed by atoms with Crippen molar-refractivity contribution >= 4 is 11.9 Å². The summed E-state index contributed by atoms with van der Waals surface area (Å²) in [7, 11) is 0. The lowest BCUT2D eigenvalue weighted by atomic mass is 10.0. The van der Waals surface area contributed by atoms with Gasteiger partial charge in [-0.1, -0.05) is 248 Å². The van der Waals surface area contributed by atoms with E-state index < -0.39 is 6.10 Å². The third-order valence-electron chi connectivity index (χ3n) is 12.0. The summed E-state index contributed by atoms with van der Waals surface area (Å²) in [4.78, 5) is 25.5. The molecule has 0 fully saturated rings. The highest BCUT2D eigenvalue weighted by atomic mass is 16.6. The average molecular weight is 895 g/mol. The van der Waals surface area contributed by atoms with Crippen LogP contribution in [0.1, 0.15) is 278 Å². The van der Waals surface area contributed by atoms with Crippen LogP contribution >= 0.6 is 0 Å². The summed E-state index contributed by atoms with van der Waals surface area (Å²) in [6, 6.07) is 0. The maximum atomic E-state index is 12.8. The molecule has 0 aliphatic carbocycles. The number of allylic oxidation sites excluding steroid dienone is 10. The van der Waals surface area contributed by atoms with Crippen molar-refractivity contribution in [3.63, 3.8) is 0 Å². The van der Waals surface area contributed by atoms with Gasteiger partial charge in [0.05, 0.1) is 6.61 Å².